The summed E-state index contributed by atoms with van der Waals surface area (Å²) in [4.78, 5) is 45.2. The van der Waals surface area contributed by atoms with Gasteiger partial charge in [-0.2, -0.15) is 0 Å². The Kier molecular flexibility index (Phi) is 6.20. The molecule has 1 aromatic heterocycles. The van der Waals surface area contributed by atoms with Crippen molar-refractivity contribution in [2.24, 2.45) is 0 Å². The van der Waals surface area contributed by atoms with Crippen LogP contribution in [-0.4, -0.2) is 42.5 Å². The number of halogens is 1. The maximum Gasteiger partial charge on any atom is 0.340 e. The number of aromatic nitrogens is 1. The molecule has 31 heavy (non-hydrogen) atoms. The van der Waals surface area contributed by atoms with Gasteiger partial charge in [-0.3, -0.25) is 14.5 Å². The highest BCUT2D eigenvalue weighted by molar-refractivity contribution is 7.22. The standard InChI is InChI=1S/C22H20ClN3O4S/c1-2-25(22-24-16-6-3-4-7-18(16)31-22)20(28)13-30-21(29)15-10-9-14(23)12-17(15)26-11-5-8-19(26)27/h3-4,6-7,9-10,12H,2,5,8,11,13H2,1H3. The lowest BCUT2D eigenvalue weighted by Crippen LogP contribution is -2.34. The maximum absolute atomic E-state index is 12.8. The minimum Gasteiger partial charge on any atom is -0.452 e. The number of likely N-dealkylation sites (N-methyl/N-ethyl adjacent to an activating group) is 1. The average Bonchev–Trinajstić information content (AvgIpc) is 3.38. The van der Waals surface area contributed by atoms with Crippen LogP contribution in [0.2, 0.25) is 5.02 Å². The minimum absolute atomic E-state index is 0.0691. The molecular weight excluding hydrogens is 438 g/mol. The molecule has 0 radical (unpaired) electrons. The fourth-order valence-electron chi connectivity index (χ4n) is 3.48. The Balaban J connectivity index is 1.49. The molecule has 0 bridgehead atoms. The van der Waals surface area contributed by atoms with Crippen molar-refractivity contribution in [2.45, 2.75) is 19.8 Å². The zero-order chi connectivity index (χ0) is 22.0. The number of benzene rings is 2. The van der Waals surface area contributed by atoms with Gasteiger partial charge in [0.15, 0.2) is 11.7 Å². The van der Waals surface area contributed by atoms with E-state index in [1.807, 2.05) is 31.2 Å². The van der Waals surface area contributed by atoms with E-state index in [4.69, 9.17) is 16.3 Å². The Bertz CT molecular complexity index is 1130. The van der Waals surface area contributed by atoms with Crippen LogP contribution in [0, 0.1) is 0 Å². The molecule has 0 saturated carbocycles. The molecule has 4 rings (SSSR count). The number of amides is 2. The Morgan fingerprint density at radius 2 is 2.06 bits per heavy atom. The number of nitrogens with zero attached hydrogens (tertiary/aromatic N) is 3. The van der Waals surface area contributed by atoms with Crippen LogP contribution in [0.25, 0.3) is 10.2 Å². The van der Waals surface area contributed by atoms with Crippen LogP contribution in [0.5, 0.6) is 0 Å². The topological polar surface area (TPSA) is 79.8 Å². The number of hydrogen-bond acceptors (Lipinski definition) is 6. The van der Waals surface area contributed by atoms with Crippen LogP contribution in [0.4, 0.5) is 10.8 Å². The van der Waals surface area contributed by atoms with Gasteiger partial charge >= 0.3 is 5.97 Å². The summed E-state index contributed by atoms with van der Waals surface area (Å²) in [6, 6.07) is 12.3. The Morgan fingerprint density at radius 3 is 2.77 bits per heavy atom. The Hall–Kier alpha value is -2.97. The van der Waals surface area contributed by atoms with E-state index in [2.05, 4.69) is 4.98 Å². The summed E-state index contributed by atoms with van der Waals surface area (Å²) in [5.74, 6) is -1.12. The van der Waals surface area contributed by atoms with Gasteiger partial charge in [0.25, 0.3) is 5.91 Å². The molecule has 1 aliphatic rings. The molecule has 7 nitrogen and oxygen atoms in total. The van der Waals surface area contributed by atoms with Crippen molar-refractivity contribution in [2.75, 3.05) is 29.5 Å². The number of carbonyl (C=O) groups is 3. The lowest BCUT2D eigenvalue weighted by molar-refractivity contribution is -0.121. The summed E-state index contributed by atoms with van der Waals surface area (Å²) in [6.45, 7) is 2.31. The van der Waals surface area contributed by atoms with Crippen LogP contribution >= 0.6 is 22.9 Å². The van der Waals surface area contributed by atoms with Gasteiger partial charge in [-0.1, -0.05) is 35.1 Å². The number of ether oxygens (including phenoxy) is 1. The molecule has 0 N–H and O–H groups in total. The van der Waals surface area contributed by atoms with Crippen molar-refractivity contribution in [3.05, 3.63) is 53.1 Å². The first-order chi connectivity index (χ1) is 15.0. The van der Waals surface area contributed by atoms with Crippen molar-refractivity contribution in [1.29, 1.82) is 0 Å². The summed E-state index contributed by atoms with van der Waals surface area (Å²) in [7, 11) is 0. The molecule has 9 heteroatoms. The summed E-state index contributed by atoms with van der Waals surface area (Å²) in [5, 5.41) is 0.968. The molecule has 0 aliphatic carbocycles. The van der Waals surface area contributed by atoms with Gasteiger partial charge < -0.3 is 9.64 Å². The van der Waals surface area contributed by atoms with E-state index in [9.17, 15) is 14.4 Å². The zero-order valence-electron chi connectivity index (χ0n) is 16.8. The third-order valence-electron chi connectivity index (χ3n) is 5.00. The second kappa shape index (κ2) is 9.03. The van der Waals surface area contributed by atoms with Crippen LogP contribution in [0.15, 0.2) is 42.5 Å². The molecule has 2 aromatic carbocycles. The minimum atomic E-state index is -0.680. The van der Waals surface area contributed by atoms with Crippen molar-refractivity contribution < 1.29 is 19.1 Å². The molecule has 2 amide bonds. The van der Waals surface area contributed by atoms with Gasteiger partial charge in [0.05, 0.1) is 21.5 Å². The summed E-state index contributed by atoms with van der Waals surface area (Å²) >= 11 is 7.48. The normalized spacial score (nSPS) is 13.6. The number of rotatable bonds is 6. The molecule has 0 spiro atoms. The molecule has 2 heterocycles. The van der Waals surface area contributed by atoms with Crippen LogP contribution in [0.1, 0.15) is 30.1 Å². The smallest absolute Gasteiger partial charge is 0.340 e. The first kappa shape index (κ1) is 21.3. The van der Waals surface area contributed by atoms with Gasteiger partial charge in [-0.25, -0.2) is 9.78 Å². The SMILES string of the molecule is CCN(C(=O)COC(=O)c1ccc(Cl)cc1N1CCCC1=O)c1nc2ccccc2s1. The van der Waals surface area contributed by atoms with E-state index < -0.39 is 12.6 Å². The van der Waals surface area contributed by atoms with Crippen LogP contribution < -0.4 is 9.80 Å². The molecule has 0 atom stereocenters. The molecular formula is C22H20ClN3O4S. The van der Waals surface area contributed by atoms with E-state index in [-0.39, 0.29) is 17.4 Å². The largest absolute Gasteiger partial charge is 0.452 e. The lowest BCUT2D eigenvalue weighted by Gasteiger charge is -2.20. The quantitative estimate of drug-likeness (QED) is 0.516. The van der Waals surface area contributed by atoms with Crippen LogP contribution in [-0.2, 0) is 14.3 Å². The lowest BCUT2D eigenvalue weighted by atomic mass is 10.1. The molecule has 3 aromatic rings. The summed E-state index contributed by atoms with van der Waals surface area (Å²) in [5.41, 5.74) is 1.42. The average molecular weight is 458 g/mol. The van der Waals surface area contributed by atoms with Gasteiger partial charge in [0.2, 0.25) is 5.91 Å². The zero-order valence-corrected chi connectivity index (χ0v) is 18.4. The van der Waals surface area contributed by atoms with Crippen LogP contribution in [0.3, 0.4) is 0 Å². The molecule has 160 valence electrons. The number of anilines is 2. The van der Waals surface area contributed by atoms with Gasteiger partial charge in [0.1, 0.15) is 0 Å². The Labute approximate surface area is 188 Å². The fourth-order valence-corrected chi connectivity index (χ4v) is 4.69. The first-order valence-corrected chi connectivity index (χ1v) is 11.1. The monoisotopic (exact) mass is 457 g/mol. The third kappa shape index (κ3) is 4.40. The number of hydrogen-bond donors (Lipinski definition) is 0. The molecule has 1 aliphatic heterocycles. The highest BCUT2D eigenvalue weighted by Crippen LogP contribution is 2.30. The van der Waals surface area contributed by atoms with Gasteiger partial charge in [0, 0.05) is 24.5 Å². The predicted molar refractivity (Wildman–Crippen MR) is 121 cm³/mol. The second-order valence-corrected chi connectivity index (χ2v) is 8.43. The maximum atomic E-state index is 12.8. The number of fused-ring (bicyclic) bond motifs is 1. The third-order valence-corrected chi connectivity index (χ3v) is 6.30. The fraction of sp³-hybridized carbons (Fsp3) is 0.273. The highest BCUT2D eigenvalue weighted by atomic mass is 35.5. The Morgan fingerprint density at radius 1 is 1.26 bits per heavy atom. The van der Waals surface area contributed by atoms with Crippen molar-refractivity contribution >= 4 is 61.8 Å². The predicted octanol–water partition coefficient (Wildman–Crippen LogP) is 4.29. The number of carbonyl (C=O) groups excluding carboxylic acids is 3. The number of thiazole rings is 1. The molecule has 1 saturated heterocycles. The summed E-state index contributed by atoms with van der Waals surface area (Å²) < 4.78 is 6.28. The first-order valence-electron chi connectivity index (χ1n) is 9.91. The van der Waals surface area contributed by atoms with E-state index >= 15 is 0 Å². The summed E-state index contributed by atoms with van der Waals surface area (Å²) in [6.07, 6.45) is 1.14. The molecule has 0 unspecified atom stereocenters. The highest BCUT2D eigenvalue weighted by Gasteiger charge is 2.27. The number of para-hydroxylation sites is 1. The van der Waals surface area contributed by atoms with E-state index in [1.165, 1.54) is 27.2 Å². The van der Waals surface area contributed by atoms with E-state index in [0.29, 0.717) is 41.8 Å². The van der Waals surface area contributed by atoms with Crippen molar-refractivity contribution in [3.63, 3.8) is 0 Å². The van der Waals surface area contributed by atoms with Crippen molar-refractivity contribution in [1.82, 2.24) is 4.98 Å². The van der Waals surface area contributed by atoms with E-state index in [1.54, 1.807) is 12.1 Å². The van der Waals surface area contributed by atoms with Gasteiger partial charge in [-0.05, 0) is 43.7 Å². The van der Waals surface area contributed by atoms with E-state index in [0.717, 1.165) is 10.2 Å². The number of esters is 1. The molecule has 1 fully saturated rings. The van der Waals surface area contributed by atoms with Crippen molar-refractivity contribution in [3.8, 4) is 0 Å². The second-order valence-electron chi connectivity index (χ2n) is 6.99. The van der Waals surface area contributed by atoms with Gasteiger partial charge in [-0.15, -0.1) is 0 Å².